The lowest BCUT2D eigenvalue weighted by Gasteiger charge is -2.18. The molecule has 2 aromatic heterocycles. The highest BCUT2D eigenvalue weighted by molar-refractivity contribution is 5.80. The van der Waals surface area contributed by atoms with Crippen molar-refractivity contribution in [2.45, 2.75) is 19.5 Å². The number of hydrogen-bond donors (Lipinski definition) is 1. The van der Waals surface area contributed by atoms with Crippen molar-refractivity contribution in [3.63, 3.8) is 0 Å². The molecule has 0 aliphatic carbocycles. The molecule has 1 unspecified atom stereocenters. The van der Waals surface area contributed by atoms with Crippen LogP contribution in [0.2, 0.25) is 0 Å². The third kappa shape index (κ3) is 4.37. The van der Waals surface area contributed by atoms with Gasteiger partial charge in [-0.25, -0.2) is 9.67 Å². The summed E-state index contributed by atoms with van der Waals surface area (Å²) in [5, 5.41) is 7.38. The number of amides is 1. The number of nitrogens with one attached hydrogen (secondary N) is 1. The highest BCUT2D eigenvalue weighted by Crippen LogP contribution is 2.22. The van der Waals surface area contributed by atoms with E-state index < -0.39 is 0 Å². The Morgan fingerprint density at radius 1 is 1.12 bits per heavy atom. The molecule has 168 valence electrons. The summed E-state index contributed by atoms with van der Waals surface area (Å²) in [4.78, 5) is 32.0. The zero-order valence-electron chi connectivity index (χ0n) is 18.5. The Morgan fingerprint density at radius 2 is 1.91 bits per heavy atom. The summed E-state index contributed by atoms with van der Waals surface area (Å²) in [6.45, 7) is 2.11. The largest absolute Gasteiger partial charge is 0.369 e. The number of carbonyl (C=O) groups is 1. The van der Waals surface area contributed by atoms with Crippen molar-refractivity contribution in [1.29, 1.82) is 0 Å². The molecular formula is C25H26N6O2. The summed E-state index contributed by atoms with van der Waals surface area (Å²) in [5.41, 5.74) is 3.61. The first-order valence-corrected chi connectivity index (χ1v) is 11.1. The van der Waals surface area contributed by atoms with Crippen molar-refractivity contribution >= 4 is 22.6 Å². The fourth-order valence-electron chi connectivity index (χ4n) is 4.34. The van der Waals surface area contributed by atoms with E-state index in [4.69, 9.17) is 0 Å². The average Bonchev–Trinajstić information content (AvgIpc) is 3.45. The second-order valence-electron chi connectivity index (χ2n) is 8.42. The molecule has 5 rings (SSSR count). The first kappa shape index (κ1) is 20.9. The van der Waals surface area contributed by atoms with Gasteiger partial charge in [-0.05, 0) is 24.1 Å². The summed E-state index contributed by atoms with van der Waals surface area (Å²) in [7, 11) is 1.96. The van der Waals surface area contributed by atoms with Gasteiger partial charge in [-0.2, -0.15) is 5.10 Å². The molecule has 0 radical (unpaired) electrons. The maximum Gasteiger partial charge on any atom is 0.269 e. The minimum Gasteiger partial charge on any atom is -0.369 e. The van der Waals surface area contributed by atoms with Crippen molar-refractivity contribution in [3.8, 4) is 0 Å². The van der Waals surface area contributed by atoms with Gasteiger partial charge >= 0.3 is 0 Å². The second-order valence-corrected chi connectivity index (χ2v) is 8.42. The highest BCUT2D eigenvalue weighted by atomic mass is 16.2. The predicted molar refractivity (Wildman–Crippen MR) is 127 cm³/mol. The minimum absolute atomic E-state index is 0.00920. The van der Waals surface area contributed by atoms with Crippen LogP contribution in [0.25, 0.3) is 11.0 Å². The Bertz CT molecular complexity index is 1340. The van der Waals surface area contributed by atoms with Crippen LogP contribution in [0.3, 0.4) is 0 Å². The first-order valence-electron chi connectivity index (χ1n) is 11.1. The van der Waals surface area contributed by atoms with Crippen molar-refractivity contribution in [2.24, 2.45) is 13.0 Å². The van der Waals surface area contributed by atoms with E-state index in [1.165, 1.54) is 4.68 Å². The number of benzene rings is 2. The number of carbonyl (C=O) groups excluding carboxylic acids is 1. The smallest absolute Gasteiger partial charge is 0.269 e. The molecule has 1 amide bonds. The van der Waals surface area contributed by atoms with E-state index in [0.29, 0.717) is 26.2 Å². The summed E-state index contributed by atoms with van der Waals surface area (Å²) >= 11 is 0. The fourth-order valence-corrected chi connectivity index (χ4v) is 4.34. The monoisotopic (exact) mass is 442 g/mol. The standard InChI is InChI=1S/C25H26N6O2/c1-29-22-10-6-5-9-21(22)28-23(29)15-26-25(33)19-11-12-30(17-19)20-13-24(32)31(27-14-20)16-18-7-3-2-4-8-18/h2-10,13-14,19H,11-12,15-17H2,1H3,(H,26,33). The zero-order valence-corrected chi connectivity index (χ0v) is 18.5. The van der Waals surface area contributed by atoms with E-state index in [9.17, 15) is 9.59 Å². The SMILES string of the molecule is Cn1c(CNC(=O)C2CCN(c3cnn(Cc4ccccc4)c(=O)c3)C2)nc2ccccc21. The van der Waals surface area contributed by atoms with Crippen molar-refractivity contribution < 1.29 is 4.79 Å². The van der Waals surface area contributed by atoms with Gasteiger partial charge in [-0.1, -0.05) is 42.5 Å². The Labute approximate surface area is 191 Å². The van der Waals surface area contributed by atoms with E-state index in [1.54, 1.807) is 12.3 Å². The molecule has 1 saturated heterocycles. The Kier molecular flexibility index (Phi) is 5.64. The van der Waals surface area contributed by atoms with Crippen LogP contribution < -0.4 is 15.8 Å². The second kappa shape index (κ2) is 8.90. The van der Waals surface area contributed by atoms with E-state index in [0.717, 1.165) is 34.5 Å². The number of para-hydroxylation sites is 2. The fraction of sp³-hybridized carbons (Fsp3) is 0.280. The highest BCUT2D eigenvalue weighted by Gasteiger charge is 2.29. The van der Waals surface area contributed by atoms with Gasteiger partial charge in [0.1, 0.15) is 5.82 Å². The lowest BCUT2D eigenvalue weighted by atomic mass is 10.1. The molecule has 0 spiro atoms. The molecule has 8 nitrogen and oxygen atoms in total. The Hall–Kier alpha value is -3.94. The number of anilines is 1. The van der Waals surface area contributed by atoms with Crippen LogP contribution in [0.15, 0.2) is 71.7 Å². The minimum atomic E-state index is -0.147. The van der Waals surface area contributed by atoms with Crippen LogP contribution in [-0.4, -0.2) is 38.3 Å². The predicted octanol–water partition coefficient (Wildman–Crippen LogP) is 2.32. The van der Waals surface area contributed by atoms with Gasteiger partial charge in [0.25, 0.3) is 5.56 Å². The average molecular weight is 443 g/mol. The van der Waals surface area contributed by atoms with Crippen LogP contribution in [0.4, 0.5) is 5.69 Å². The normalized spacial score (nSPS) is 15.8. The number of rotatable bonds is 6. The molecule has 3 heterocycles. The molecule has 0 saturated carbocycles. The van der Waals surface area contributed by atoms with Crippen LogP contribution >= 0.6 is 0 Å². The van der Waals surface area contributed by atoms with Gasteiger partial charge in [0.05, 0.1) is 41.9 Å². The lowest BCUT2D eigenvalue weighted by molar-refractivity contribution is -0.124. The third-order valence-electron chi connectivity index (χ3n) is 6.26. The molecule has 1 aliphatic heterocycles. The van der Waals surface area contributed by atoms with E-state index in [-0.39, 0.29) is 17.4 Å². The number of hydrogen-bond acceptors (Lipinski definition) is 5. The van der Waals surface area contributed by atoms with Crippen molar-refractivity contribution in [3.05, 3.63) is 88.6 Å². The Morgan fingerprint density at radius 3 is 2.70 bits per heavy atom. The third-order valence-corrected chi connectivity index (χ3v) is 6.26. The number of fused-ring (bicyclic) bond motifs is 1. The molecule has 1 fully saturated rings. The molecule has 1 aliphatic rings. The lowest BCUT2D eigenvalue weighted by Crippen LogP contribution is -2.33. The van der Waals surface area contributed by atoms with Crippen LogP contribution in [0.1, 0.15) is 17.8 Å². The Balaban J connectivity index is 1.20. The molecule has 4 aromatic rings. The molecule has 2 aromatic carbocycles. The molecule has 8 heteroatoms. The molecule has 1 N–H and O–H groups in total. The number of aromatic nitrogens is 4. The maximum atomic E-state index is 12.8. The number of imidazole rings is 1. The van der Waals surface area contributed by atoms with Crippen LogP contribution in [0.5, 0.6) is 0 Å². The van der Waals surface area contributed by atoms with Gasteiger partial charge in [0.2, 0.25) is 5.91 Å². The maximum absolute atomic E-state index is 12.8. The quantitative estimate of drug-likeness (QED) is 0.495. The molecule has 1 atom stereocenters. The first-order chi connectivity index (χ1) is 16.1. The van der Waals surface area contributed by atoms with E-state index in [1.807, 2.05) is 66.2 Å². The van der Waals surface area contributed by atoms with Gasteiger partial charge in [0, 0.05) is 26.2 Å². The van der Waals surface area contributed by atoms with Crippen molar-refractivity contribution in [1.82, 2.24) is 24.6 Å². The summed E-state index contributed by atoms with van der Waals surface area (Å²) < 4.78 is 3.46. The van der Waals surface area contributed by atoms with Gasteiger partial charge < -0.3 is 14.8 Å². The topological polar surface area (TPSA) is 85.0 Å². The van der Waals surface area contributed by atoms with Gasteiger partial charge in [0.15, 0.2) is 0 Å². The van der Waals surface area contributed by atoms with Crippen molar-refractivity contribution in [2.75, 3.05) is 18.0 Å². The number of aryl methyl sites for hydroxylation is 1. The zero-order chi connectivity index (χ0) is 22.8. The van der Waals surface area contributed by atoms with Gasteiger partial charge in [-0.3, -0.25) is 9.59 Å². The van der Waals surface area contributed by atoms with Crippen LogP contribution in [-0.2, 0) is 24.9 Å². The summed E-state index contributed by atoms with van der Waals surface area (Å²) in [5.74, 6) is 0.701. The summed E-state index contributed by atoms with van der Waals surface area (Å²) in [6.07, 6.45) is 2.45. The van der Waals surface area contributed by atoms with E-state index in [2.05, 4.69) is 20.3 Å². The number of nitrogens with zero attached hydrogens (tertiary/aromatic N) is 5. The summed E-state index contributed by atoms with van der Waals surface area (Å²) in [6, 6.07) is 19.3. The van der Waals surface area contributed by atoms with Crippen LogP contribution in [0, 0.1) is 5.92 Å². The molecule has 33 heavy (non-hydrogen) atoms. The molecular weight excluding hydrogens is 416 g/mol. The van der Waals surface area contributed by atoms with E-state index >= 15 is 0 Å². The van der Waals surface area contributed by atoms with Gasteiger partial charge in [-0.15, -0.1) is 0 Å². The molecule has 0 bridgehead atoms.